The highest BCUT2D eigenvalue weighted by Gasteiger charge is 2.26. The average Bonchev–Trinajstić information content (AvgIpc) is 2.18. The lowest BCUT2D eigenvalue weighted by atomic mass is 10.1. The van der Waals surface area contributed by atoms with Crippen LogP contribution in [0.15, 0.2) is 0 Å². The zero-order valence-electron chi connectivity index (χ0n) is 9.53. The third kappa shape index (κ3) is 3.68. The molecule has 0 spiro atoms. The lowest BCUT2D eigenvalue weighted by molar-refractivity contribution is 0.0101. The second-order valence-electron chi connectivity index (χ2n) is 4.10. The van der Waals surface area contributed by atoms with E-state index in [2.05, 4.69) is 5.32 Å². The van der Waals surface area contributed by atoms with Crippen LogP contribution in [0, 0.1) is 0 Å². The summed E-state index contributed by atoms with van der Waals surface area (Å²) in [6.07, 6.45) is 0.797. The van der Waals surface area contributed by atoms with Crippen molar-refractivity contribution >= 4 is 6.03 Å². The minimum Gasteiger partial charge on any atom is -0.377 e. The van der Waals surface area contributed by atoms with Crippen molar-refractivity contribution in [2.75, 3.05) is 26.3 Å². The molecule has 1 unspecified atom stereocenters. The molecule has 3 N–H and O–H groups in total. The number of hydrogen-bond donors (Lipinski definition) is 2. The first kappa shape index (κ1) is 12.3. The van der Waals surface area contributed by atoms with Gasteiger partial charge in [0.2, 0.25) is 0 Å². The van der Waals surface area contributed by atoms with Crippen molar-refractivity contribution in [3.63, 3.8) is 0 Å². The van der Waals surface area contributed by atoms with Crippen molar-refractivity contribution in [1.29, 1.82) is 0 Å². The molecule has 0 radical (unpaired) electrons. The Morgan fingerprint density at radius 1 is 1.67 bits per heavy atom. The number of urea groups is 1. The van der Waals surface area contributed by atoms with Gasteiger partial charge in [-0.3, -0.25) is 0 Å². The first-order valence-electron chi connectivity index (χ1n) is 5.50. The van der Waals surface area contributed by atoms with Crippen molar-refractivity contribution in [3.05, 3.63) is 0 Å². The molecule has 88 valence electrons. The lowest BCUT2D eigenvalue weighted by Crippen LogP contribution is -2.54. The molecule has 0 aromatic heterocycles. The van der Waals surface area contributed by atoms with Crippen LogP contribution >= 0.6 is 0 Å². The fourth-order valence-corrected chi connectivity index (χ4v) is 1.68. The number of carbonyl (C=O) groups is 1. The van der Waals surface area contributed by atoms with E-state index in [1.54, 1.807) is 0 Å². The summed E-state index contributed by atoms with van der Waals surface area (Å²) in [6, 6.07) is 0.285. The van der Waals surface area contributed by atoms with Gasteiger partial charge < -0.3 is 20.7 Å². The van der Waals surface area contributed by atoms with E-state index in [1.807, 2.05) is 18.7 Å². The number of carbonyl (C=O) groups excluding carboxylic acids is 1. The standard InChI is InChI=1S/C10H21N3O2/c1-8(2)12-10(14)13-5-6-15-7-9(13)3-4-11/h8-9H,3-7,11H2,1-2H3,(H,12,14). The SMILES string of the molecule is CC(C)NC(=O)N1CCOCC1CCN. The highest BCUT2D eigenvalue weighted by molar-refractivity contribution is 5.74. The van der Waals surface area contributed by atoms with Crippen LogP contribution in [0.25, 0.3) is 0 Å². The summed E-state index contributed by atoms with van der Waals surface area (Å²) in [6.45, 7) is 6.37. The maximum Gasteiger partial charge on any atom is 0.318 e. The zero-order chi connectivity index (χ0) is 11.3. The van der Waals surface area contributed by atoms with Gasteiger partial charge in [0.25, 0.3) is 0 Å². The average molecular weight is 215 g/mol. The van der Waals surface area contributed by atoms with Crippen LogP contribution in [0.4, 0.5) is 4.79 Å². The molecule has 5 heteroatoms. The lowest BCUT2D eigenvalue weighted by Gasteiger charge is -2.35. The molecule has 0 saturated carbocycles. The molecule has 1 rings (SSSR count). The molecule has 5 nitrogen and oxygen atoms in total. The minimum absolute atomic E-state index is 0.00764. The molecule has 1 atom stereocenters. The summed E-state index contributed by atoms with van der Waals surface area (Å²) in [5, 5.41) is 2.89. The summed E-state index contributed by atoms with van der Waals surface area (Å²) >= 11 is 0. The molecule has 0 aliphatic carbocycles. The summed E-state index contributed by atoms with van der Waals surface area (Å²) in [4.78, 5) is 13.6. The van der Waals surface area contributed by atoms with Crippen LogP contribution < -0.4 is 11.1 Å². The Bertz CT molecular complexity index is 207. The first-order valence-corrected chi connectivity index (χ1v) is 5.50. The van der Waals surface area contributed by atoms with Gasteiger partial charge in [-0.15, -0.1) is 0 Å². The van der Waals surface area contributed by atoms with Crippen molar-refractivity contribution in [3.8, 4) is 0 Å². The predicted molar refractivity (Wildman–Crippen MR) is 58.7 cm³/mol. The maximum atomic E-state index is 11.8. The van der Waals surface area contributed by atoms with Crippen LogP contribution in [0.2, 0.25) is 0 Å². The highest BCUT2D eigenvalue weighted by Crippen LogP contribution is 2.10. The fraction of sp³-hybridized carbons (Fsp3) is 0.900. The summed E-state index contributed by atoms with van der Waals surface area (Å²) in [5.41, 5.74) is 5.51. The van der Waals surface area contributed by atoms with E-state index in [-0.39, 0.29) is 18.1 Å². The highest BCUT2D eigenvalue weighted by atomic mass is 16.5. The molecule has 0 bridgehead atoms. The Balaban J connectivity index is 2.51. The third-order valence-electron chi connectivity index (χ3n) is 2.40. The summed E-state index contributed by atoms with van der Waals surface area (Å²) < 4.78 is 5.34. The van der Waals surface area contributed by atoms with Crippen LogP contribution in [0.1, 0.15) is 20.3 Å². The predicted octanol–water partition coefficient (Wildman–Crippen LogP) is 0.154. The molecule has 1 fully saturated rings. The van der Waals surface area contributed by atoms with Gasteiger partial charge in [-0.2, -0.15) is 0 Å². The van der Waals surface area contributed by atoms with Crippen molar-refractivity contribution in [2.45, 2.75) is 32.4 Å². The smallest absolute Gasteiger partial charge is 0.318 e. The van der Waals surface area contributed by atoms with Crippen LogP contribution in [-0.4, -0.2) is 49.3 Å². The van der Waals surface area contributed by atoms with Gasteiger partial charge in [0.1, 0.15) is 0 Å². The molecule has 1 aliphatic rings. The topological polar surface area (TPSA) is 67.6 Å². The van der Waals surface area contributed by atoms with E-state index in [0.29, 0.717) is 26.3 Å². The van der Waals surface area contributed by atoms with E-state index < -0.39 is 0 Å². The molecular formula is C10H21N3O2. The van der Waals surface area contributed by atoms with Crippen molar-refractivity contribution in [2.24, 2.45) is 5.73 Å². The van der Waals surface area contributed by atoms with E-state index in [1.165, 1.54) is 0 Å². The van der Waals surface area contributed by atoms with Gasteiger partial charge in [-0.1, -0.05) is 0 Å². The van der Waals surface area contributed by atoms with Crippen LogP contribution in [0.5, 0.6) is 0 Å². The first-order chi connectivity index (χ1) is 7.15. The second kappa shape index (κ2) is 5.92. The van der Waals surface area contributed by atoms with Gasteiger partial charge in [0.15, 0.2) is 0 Å². The van der Waals surface area contributed by atoms with Crippen LogP contribution in [-0.2, 0) is 4.74 Å². The largest absolute Gasteiger partial charge is 0.377 e. The Morgan fingerprint density at radius 2 is 2.40 bits per heavy atom. The van der Waals surface area contributed by atoms with Gasteiger partial charge in [-0.05, 0) is 26.8 Å². The molecule has 2 amide bonds. The molecule has 1 aliphatic heterocycles. The van der Waals surface area contributed by atoms with Crippen molar-refractivity contribution in [1.82, 2.24) is 10.2 Å². The number of amides is 2. The fourth-order valence-electron chi connectivity index (χ4n) is 1.68. The number of hydrogen-bond acceptors (Lipinski definition) is 3. The minimum atomic E-state index is -0.00764. The molecular weight excluding hydrogens is 194 g/mol. The molecule has 1 heterocycles. The van der Waals surface area contributed by atoms with Gasteiger partial charge in [-0.25, -0.2) is 4.79 Å². The Labute approximate surface area is 90.9 Å². The second-order valence-corrected chi connectivity index (χ2v) is 4.10. The Kier molecular flexibility index (Phi) is 4.84. The monoisotopic (exact) mass is 215 g/mol. The van der Waals surface area contributed by atoms with E-state index >= 15 is 0 Å². The van der Waals surface area contributed by atoms with Gasteiger partial charge in [0.05, 0.1) is 19.3 Å². The van der Waals surface area contributed by atoms with Crippen molar-refractivity contribution < 1.29 is 9.53 Å². The number of morpholine rings is 1. The number of nitrogens with zero attached hydrogens (tertiary/aromatic N) is 1. The molecule has 0 aromatic rings. The Morgan fingerprint density at radius 3 is 3.00 bits per heavy atom. The number of ether oxygens (including phenoxy) is 1. The number of nitrogens with one attached hydrogen (secondary N) is 1. The van der Waals surface area contributed by atoms with Crippen LogP contribution in [0.3, 0.4) is 0 Å². The maximum absolute atomic E-state index is 11.8. The van der Waals surface area contributed by atoms with E-state index in [9.17, 15) is 4.79 Å². The third-order valence-corrected chi connectivity index (χ3v) is 2.40. The quantitative estimate of drug-likeness (QED) is 0.704. The zero-order valence-corrected chi connectivity index (χ0v) is 9.53. The van der Waals surface area contributed by atoms with Gasteiger partial charge >= 0.3 is 6.03 Å². The molecule has 15 heavy (non-hydrogen) atoms. The number of rotatable bonds is 3. The normalized spacial score (nSPS) is 21.9. The van der Waals surface area contributed by atoms with E-state index in [0.717, 1.165) is 6.42 Å². The molecule has 1 saturated heterocycles. The van der Waals surface area contributed by atoms with E-state index in [4.69, 9.17) is 10.5 Å². The Hall–Kier alpha value is -0.810. The molecule has 0 aromatic carbocycles. The van der Waals surface area contributed by atoms with Gasteiger partial charge in [0, 0.05) is 12.6 Å². The summed E-state index contributed by atoms with van der Waals surface area (Å²) in [5.74, 6) is 0. The summed E-state index contributed by atoms with van der Waals surface area (Å²) in [7, 11) is 0. The number of nitrogens with two attached hydrogens (primary N) is 1.